The average Bonchev–Trinajstić information content (AvgIpc) is 2.15. The summed E-state index contributed by atoms with van der Waals surface area (Å²) in [5.74, 6) is 0.766. The Morgan fingerprint density at radius 3 is 2.90 bits per heavy atom. The van der Waals surface area contributed by atoms with Gasteiger partial charge in [-0.3, -0.25) is 0 Å². The molecule has 0 unspecified atom stereocenters. The first-order valence-electron chi connectivity index (χ1n) is 2.55. The Morgan fingerprint density at radius 2 is 2.50 bits per heavy atom. The Hall–Kier alpha value is -0.610. The Labute approximate surface area is 70.7 Å². The first-order valence-corrected chi connectivity index (χ1v) is 2.96. The van der Waals surface area contributed by atoms with Crippen molar-refractivity contribution in [2.75, 3.05) is 5.32 Å². The van der Waals surface area contributed by atoms with Crippen LogP contribution in [0.2, 0.25) is 0 Å². The molecule has 0 atom stereocenters. The van der Waals surface area contributed by atoms with Gasteiger partial charge in [-0.1, -0.05) is 12.2 Å². The van der Waals surface area contributed by atoms with Gasteiger partial charge in [0.15, 0.2) is 0 Å². The van der Waals surface area contributed by atoms with E-state index in [0.717, 1.165) is 10.8 Å². The van der Waals surface area contributed by atoms with Gasteiger partial charge in [-0.05, 0) is 6.92 Å². The Balaban J connectivity index is 0.000000810. The minimum Gasteiger partial charge on any atom is -0.349 e. The van der Waals surface area contributed by atoms with Gasteiger partial charge in [0.05, 0.1) is 11.3 Å². The molecule has 0 radical (unpaired) electrons. The summed E-state index contributed by atoms with van der Waals surface area (Å²) in [4.78, 5) is 7.43. The molecule has 1 aromatic rings. The molecule has 1 heterocycles. The zero-order chi connectivity index (χ0) is 6.69. The molecule has 10 heavy (non-hydrogen) atoms. The van der Waals surface area contributed by atoms with Crippen LogP contribution in [0.1, 0.15) is 6.92 Å². The van der Waals surface area contributed by atoms with Crippen LogP contribution in [-0.2, 0) is 0 Å². The second kappa shape index (κ2) is 4.24. The summed E-state index contributed by atoms with van der Waals surface area (Å²) in [7, 11) is 0. The van der Waals surface area contributed by atoms with Crippen LogP contribution in [0.25, 0.3) is 0 Å². The molecule has 1 aromatic heterocycles. The lowest BCUT2D eigenvalue weighted by molar-refractivity contribution is 1.31. The SMILES string of the molecule is CC(=S)Nc1c[nH]cn1.Cl. The fourth-order valence-electron chi connectivity index (χ4n) is 0.509. The zero-order valence-electron chi connectivity index (χ0n) is 5.42. The number of hydrogen-bond acceptors (Lipinski definition) is 2. The summed E-state index contributed by atoms with van der Waals surface area (Å²) in [5, 5.41) is 2.87. The maximum Gasteiger partial charge on any atom is 0.148 e. The molecule has 0 aromatic carbocycles. The van der Waals surface area contributed by atoms with E-state index in [2.05, 4.69) is 15.3 Å². The number of imidazole rings is 1. The molecule has 0 bridgehead atoms. The standard InChI is InChI=1S/C5H7N3S.ClH/c1-4(9)8-5-2-6-3-7-5;/h2-3H,1H3,(H,6,7)(H,8,9);1H. The number of rotatable bonds is 1. The normalized spacial score (nSPS) is 8.10. The highest BCUT2D eigenvalue weighted by Gasteiger charge is 1.90. The second-order valence-corrected chi connectivity index (χ2v) is 2.25. The molecule has 1 rings (SSSR count). The van der Waals surface area contributed by atoms with Gasteiger partial charge in [-0.25, -0.2) is 4.98 Å². The summed E-state index contributed by atoms with van der Waals surface area (Å²) in [6.07, 6.45) is 3.34. The molecule has 56 valence electrons. The van der Waals surface area contributed by atoms with Crippen molar-refractivity contribution < 1.29 is 0 Å². The van der Waals surface area contributed by atoms with Crippen LogP contribution in [0.3, 0.4) is 0 Å². The van der Waals surface area contributed by atoms with Crippen molar-refractivity contribution in [2.45, 2.75) is 6.92 Å². The third-order valence-corrected chi connectivity index (χ3v) is 0.904. The number of halogens is 1. The monoisotopic (exact) mass is 177 g/mol. The van der Waals surface area contributed by atoms with Crippen molar-refractivity contribution in [3.8, 4) is 0 Å². The van der Waals surface area contributed by atoms with E-state index in [0.29, 0.717) is 0 Å². The Kier molecular flexibility index (Phi) is 3.99. The molecule has 0 spiro atoms. The third-order valence-electron chi connectivity index (χ3n) is 0.802. The zero-order valence-corrected chi connectivity index (χ0v) is 7.05. The molecular formula is C5H8ClN3S. The average molecular weight is 178 g/mol. The lowest BCUT2D eigenvalue weighted by atomic mass is 10.6. The van der Waals surface area contributed by atoms with Crippen LogP contribution in [-0.4, -0.2) is 15.0 Å². The summed E-state index contributed by atoms with van der Waals surface area (Å²) < 4.78 is 0. The Bertz CT molecular complexity index is 197. The first-order chi connectivity index (χ1) is 4.29. The van der Waals surface area contributed by atoms with E-state index in [1.54, 1.807) is 12.5 Å². The highest BCUT2D eigenvalue weighted by Crippen LogP contribution is 1.96. The van der Waals surface area contributed by atoms with Crippen molar-refractivity contribution in [2.24, 2.45) is 0 Å². The number of hydrogen-bond donors (Lipinski definition) is 2. The molecule has 0 aliphatic rings. The van der Waals surface area contributed by atoms with Gasteiger partial charge in [-0.15, -0.1) is 12.4 Å². The molecule has 0 amide bonds. The molecule has 3 nitrogen and oxygen atoms in total. The van der Waals surface area contributed by atoms with E-state index in [9.17, 15) is 0 Å². The second-order valence-electron chi connectivity index (χ2n) is 1.64. The van der Waals surface area contributed by atoms with Crippen molar-refractivity contribution in [1.29, 1.82) is 0 Å². The first kappa shape index (κ1) is 9.39. The van der Waals surface area contributed by atoms with Crippen LogP contribution < -0.4 is 5.32 Å². The summed E-state index contributed by atoms with van der Waals surface area (Å²) in [6, 6.07) is 0. The summed E-state index contributed by atoms with van der Waals surface area (Å²) >= 11 is 4.78. The number of anilines is 1. The van der Waals surface area contributed by atoms with E-state index < -0.39 is 0 Å². The fourth-order valence-corrected chi connectivity index (χ4v) is 0.614. The molecule has 0 fully saturated rings. The molecular weight excluding hydrogens is 170 g/mol. The van der Waals surface area contributed by atoms with E-state index in [1.165, 1.54) is 0 Å². The van der Waals surface area contributed by atoms with Crippen molar-refractivity contribution in [1.82, 2.24) is 9.97 Å². The van der Waals surface area contributed by atoms with Crippen LogP contribution in [0.15, 0.2) is 12.5 Å². The molecule has 0 saturated heterocycles. The van der Waals surface area contributed by atoms with Crippen LogP contribution in [0, 0.1) is 0 Å². The quantitative estimate of drug-likeness (QED) is 0.641. The van der Waals surface area contributed by atoms with Gasteiger partial charge in [0.2, 0.25) is 0 Å². The maximum atomic E-state index is 4.78. The van der Waals surface area contributed by atoms with Gasteiger partial charge in [0.1, 0.15) is 5.82 Å². The lowest BCUT2D eigenvalue weighted by Gasteiger charge is -1.94. The number of aromatic nitrogens is 2. The summed E-state index contributed by atoms with van der Waals surface area (Å²) in [6.45, 7) is 1.81. The lowest BCUT2D eigenvalue weighted by Crippen LogP contribution is -2.02. The number of nitrogens with one attached hydrogen (secondary N) is 2. The highest BCUT2D eigenvalue weighted by molar-refractivity contribution is 7.80. The van der Waals surface area contributed by atoms with E-state index in [-0.39, 0.29) is 12.4 Å². The molecule has 0 aliphatic carbocycles. The largest absolute Gasteiger partial charge is 0.349 e. The number of aromatic amines is 1. The van der Waals surface area contributed by atoms with Crippen molar-refractivity contribution >= 4 is 35.4 Å². The smallest absolute Gasteiger partial charge is 0.148 e. The van der Waals surface area contributed by atoms with Crippen LogP contribution in [0.5, 0.6) is 0 Å². The minimum atomic E-state index is 0. The van der Waals surface area contributed by atoms with Gasteiger partial charge < -0.3 is 10.3 Å². The van der Waals surface area contributed by atoms with E-state index in [1.807, 2.05) is 6.92 Å². The number of thiocarbonyl (C=S) groups is 1. The minimum absolute atomic E-state index is 0. The molecule has 0 aliphatic heterocycles. The predicted molar refractivity (Wildman–Crippen MR) is 47.7 cm³/mol. The van der Waals surface area contributed by atoms with Gasteiger partial charge in [0.25, 0.3) is 0 Å². The van der Waals surface area contributed by atoms with Crippen molar-refractivity contribution in [3.05, 3.63) is 12.5 Å². The fraction of sp³-hybridized carbons (Fsp3) is 0.200. The van der Waals surface area contributed by atoms with Gasteiger partial charge in [0, 0.05) is 6.20 Å². The highest BCUT2D eigenvalue weighted by atomic mass is 35.5. The molecule has 2 N–H and O–H groups in total. The van der Waals surface area contributed by atoms with Gasteiger partial charge >= 0.3 is 0 Å². The number of nitrogens with zero attached hydrogens (tertiary/aromatic N) is 1. The van der Waals surface area contributed by atoms with Crippen LogP contribution in [0.4, 0.5) is 5.82 Å². The van der Waals surface area contributed by atoms with E-state index >= 15 is 0 Å². The topological polar surface area (TPSA) is 40.7 Å². The van der Waals surface area contributed by atoms with Crippen LogP contribution >= 0.6 is 24.6 Å². The van der Waals surface area contributed by atoms with E-state index in [4.69, 9.17) is 12.2 Å². The number of H-pyrrole nitrogens is 1. The molecule has 0 saturated carbocycles. The summed E-state index contributed by atoms with van der Waals surface area (Å²) in [5.41, 5.74) is 0. The predicted octanol–water partition coefficient (Wildman–Crippen LogP) is 1.59. The van der Waals surface area contributed by atoms with Crippen molar-refractivity contribution in [3.63, 3.8) is 0 Å². The Morgan fingerprint density at radius 1 is 1.80 bits per heavy atom. The third kappa shape index (κ3) is 2.80. The maximum absolute atomic E-state index is 4.78. The van der Waals surface area contributed by atoms with Gasteiger partial charge in [-0.2, -0.15) is 0 Å². The molecule has 5 heteroatoms.